The zero-order valence-corrected chi connectivity index (χ0v) is 11.6. The molecule has 0 saturated heterocycles. The SMILES string of the molecule is C=CCCC1CNCc2c(ccc(C(F)(F)F)c2Cl)N1. The van der Waals surface area contributed by atoms with Crippen LogP contribution in [-0.4, -0.2) is 12.6 Å². The molecule has 0 saturated carbocycles. The summed E-state index contributed by atoms with van der Waals surface area (Å²) in [7, 11) is 0. The smallest absolute Gasteiger partial charge is 0.381 e. The molecule has 1 aromatic rings. The molecule has 0 amide bonds. The average molecular weight is 305 g/mol. The number of rotatable bonds is 3. The van der Waals surface area contributed by atoms with Crippen LogP contribution in [0.3, 0.4) is 0 Å². The molecule has 20 heavy (non-hydrogen) atoms. The Labute approximate surface area is 121 Å². The monoisotopic (exact) mass is 304 g/mol. The molecule has 1 aromatic carbocycles. The van der Waals surface area contributed by atoms with Crippen LogP contribution >= 0.6 is 11.6 Å². The fourth-order valence-corrected chi connectivity index (χ4v) is 2.62. The molecule has 6 heteroatoms. The van der Waals surface area contributed by atoms with Gasteiger partial charge in [-0.3, -0.25) is 0 Å². The van der Waals surface area contributed by atoms with Gasteiger partial charge in [0.2, 0.25) is 0 Å². The molecule has 1 aliphatic heterocycles. The lowest BCUT2D eigenvalue weighted by atomic mass is 10.1. The zero-order chi connectivity index (χ0) is 14.8. The summed E-state index contributed by atoms with van der Waals surface area (Å²) in [6, 6.07) is 2.64. The number of anilines is 1. The van der Waals surface area contributed by atoms with Crippen LogP contribution in [0.2, 0.25) is 5.02 Å². The average Bonchev–Trinajstić information content (AvgIpc) is 2.57. The molecule has 0 fully saturated rings. The van der Waals surface area contributed by atoms with Crippen molar-refractivity contribution < 1.29 is 13.2 Å². The van der Waals surface area contributed by atoms with Crippen molar-refractivity contribution in [2.24, 2.45) is 0 Å². The summed E-state index contributed by atoms with van der Waals surface area (Å²) in [4.78, 5) is 0. The van der Waals surface area contributed by atoms with E-state index in [9.17, 15) is 13.2 Å². The highest BCUT2D eigenvalue weighted by atomic mass is 35.5. The van der Waals surface area contributed by atoms with Gasteiger partial charge in [-0.2, -0.15) is 13.2 Å². The van der Waals surface area contributed by atoms with Gasteiger partial charge in [0.1, 0.15) is 0 Å². The third-order valence-electron chi connectivity index (χ3n) is 3.32. The zero-order valence-electron chi connectivity index (χ0n) is 10.9. The van der Waals surface area contributed by atoms with Crippen molar-refractivity contribution in [2.45, 2.75) is 31.6 Å². The van der Waals surface area contributed by atoms with E-state index in [-0.39, 0.29) is 11.1 Å². The molecule has 1 heterocycles. The summed E-state index contributed by atoms with van der Waals surface area (Å²) in [5.41, 5.74) is 0.357. The fourth-order valence-electron chi connectivity index (χ4n) is 2.28. The van der Waals surface area contributed by atoms with Crippen LogP contribution in [0.25, 0.3) is 0 Å². The Morgan fingerprint density at radius 1 is 1.40 bits per heavy atom. The van der Waals surface area contributed by atoms with Crippen LogP contribution in [0.15, 0.2) is 24.8 Å². The summed E-state index contributed by atoms with van der Waals surface area (Å²) in [5.74, 6) is 0. The molecule has 110 valence electrons. The predicted molar refractivity (Wildman–Crippen MR) is 75.0 cm³/mol. The standard InChI is InChI=1S/C14H16ClF3N2/c1-2-3-4-9-7-19-8-10-12(20-9)6-5-11(13(10)15)14(16,17)18/h2,5-6,9,19-20H,1,3-4,7-8H2. The van der Waals surface area contributed by atoms with Crippen molar-refractivity contribution >= 4 is 17.3 Å². The number of hydrogen-bond acceptors (Lipinski definition) is 2. The summed E-state index contributed by atoms with van der Waals surface area (Å²) in [6.45, 7) is 4.68. The van der Waals surface area contributed by atoms with Crippen molar-refractivity contribution in [3.63, 3.8) is 0 Å². The van der Waals surface area contributed by atoms with E-state index in [1.54, 1.807) is 0 Å². The molecule has 0 bridgehead atoms. The van der Waals surface area contributed by atoms with Crippen LogP contribution in [0.5, 0.6) is 0 Å². The third-order valence-corrected chi connectivity index (χ3v) is 3.75. The van der Waals surface area contributed by atoms with E-state index < -0.39 is 11.7 Å². The molecular formula is C14H16ClF3N2. The molecule has 2 rings (SSSR count). The Morgan fingerprint density at radius 3 is 2.80 bits per heavy atom. The van der Waals surface area contributed by atoms with Crippen molar-refractivity contribution in [1.29, 1.82) is 0 Å². The number of fused-ring (bicyclic) bond motifs is 1. The van der Waals surface area contributed by atoms with Gasteiger partial charge in [0.15, 0.2) is 0 Å². The van der Waals surface area contributed by atoms with Crippen molar-refractivity contribution in [3.8, 4) is 0 Å². The van der Waals surface area contributed by atoms with Crippen LogP contribution in [0, 0.1) is 0 Å². The molecule has 2 nitrogen and oxygen atoms in total. The van der Waals surface area contributed by atoms with Crippen molar-refractivity contribution in [1.82, 2.24) is 5.32 Å². The van der Waals surface area contributed by atoms with Crippen LogP contribution in [0.4, 0.5) is 18.9 Å². The van der Waals surface area contributed by atoms with E-state index in [2.05, 4.69) is 17.2 Å². The summed E-state index contributed by atoms with van der Waals surface area (Å²) >= 11 is 5.92. The van der Waals surface area contributed by atoms with Crippen molar-refractivity contribution in [2.75, 3.05) is 11.9 Å². The number of alkyl halides is 3. The van der Waals surface area contributed by atoms with Gasteiger partial charge in [-0.15, -0.1) is 6.58 Å². The molecule has 0 radical (unpaired) electrons. The van der Waals surface area contributed by atoms with Crippen LogP contribution in [-0.2, 0) is 12.7 Å². The van der Waals surface area contributed by atoms with Gasteiger partial charge in [0.25, 0.3) is 0 Å². The first kappa shape index (κ1) is 15.2. The Bertz CT molecular complexity index is 500. The predicted octanol–water partition coefficient (Wildman–Crippen LogP) is 4.21. The summed E-state index contributed by atoms with van der Waals surface area (Å²) < 4.78 is 38.5. The maximum atomic E-state index is 12.8. The number of halogens is 4. The molecule has 1 unspecified atom stereocenters. The molecule has 0 spiro atoms. The molecule has 2 N–H and O–H groups in total. The largest absolute Gasteiger partial charge is 0.417 e. The fraction of sp³-hybridized carbons (Fsp3) is 0.429. The highest BCUT2D eigenvalue weighted by Gasteiger charge is 2.35. The minimum atomic E-state index is -4.43. The highest BCUT2D eigenvalue weighted by Crippen LogP contribution is 2.39. The maximum absolute atomic E-state index is 12.8. The lowest BCUT2D eigenvalue weighted by molar-refractivity contribution is -0.137. The van der Waals surface area contributed by atoms with Gasteiger partial charge in [0.05, 0.1) is 10.6 Å². The van der Waals surface area contributed by atoms with E-state index in [1.807, 2.05) is 6.08 Å². The lowest BCUT2D eigenvalue weighted by Crippen LogP contribution is -2.29. The summed E-state index contributed by atoms with van der Waals surface area (Å²) in [5, 5.41) is 6.16. The van der Waals surface area contributed by atoms with E-state index >= 15 is 0 Å². The van der Waals surface area contributed by atoms with Crippen LogP contribution in [0.1, 0.15) is 24.0 Å². The quantitative estimate of drug-likeness (QED) is 0.818. The Balaban J connectivity index is 2.29. The van der Waals surface area contributed by atoms with Gasteiger partial charge >= 0.3 is 6.18 Å². The van der Waals surface area contributed by atoms with Gasteiger partial charge in [-0.25, -0.2) is 0 Å². The second-order valence-corrected chi connectivity index (χ2v) is 5.17. The number of hydrogen-bond donors (Lipinski definition) is 2. The van der Waals surface area contributed by atoms with Gasteiger partial charge in [-0.1, -0.05) is 17.7 Å². The molecule has 0 aromatic heterocycles. The lowest BCUT2D eigenvalue weighted by Gasteiger charge is -2.18. The Kier molecular flexibility index (Phi) is 4.60. The van der Waals surface area contributed by atoms with E-state index in [0.717, 1.165) is 18.9 Å². The van der Waals surface area contributed by atoms with E-state index in [1.165, 1.54) is 6.07 Å². The number of nitrogens with one attached hydrogen (secondary N) is 2. The molecule has 1 atom stereocenters. The number of benzene rings is 1. The first-order valence-electron chi connectivity index (χ1n) is 6.40. The molecular weight excluding hydrogens is 289 g/mol. The third kappa shape index (κ3) is 3.27. The van der Waals surface area contributed by atoms with Crippen LogP contribution < -0.4 is 10.6 Å². The van der Waals surface area contributed by atoms with Crippen molar-refractivity contribution in [3.05, 3.63) is 40.9 Å². The first-order valence-corrected chi connectivity index (χ1v) is 6.78. The van der Waals surface area contributed by atoms with Gasteiger partial charge in [0, 0.05) is 30.4 Å². The second kappa shape index (κ2) is 6.06. The van der Waals surface area contributed by atoms with E-state index in [4.69, 9.17) is 11.6 Å². The van der Waals surface area contributed by atoms with E-state index in [0.29, 0.717) is 24.3 Å². The van der Waals surface area contributed by atoms with Gasteiger partial charge < -0.3 is 10.6 Å². The Morgan fingerprint density at radius 2 is 2.15 bits per heavy atom. The molecule has 1 aliphatic rings. The minimum absolute atomic E-state index is 0.155. The summed E-state index contributed by atoms with van der Waals surface area (Å²) in [6.07, 6.45) is -0.883. The maximum Gasteiger partial charge on any atom is 0.417 e. The Hall–Kier alpha value is -1.20. The highest BCUT2D eigenvalue weighted by molar-refractivity contribution is 6.32. The minimum Gasteiger partial charge on any atom is -0.381 e. The van der Waals surface area contributed by atoms with Gasteiger partial charge in [-0.05, 0) is 25.0 Å². The second-order valence-electron chi connectivity index (χ2n) is 4.79. The topological polar surface area (TPSA) is 24.1 Å². The first-order chi connectivity index (χ1) is 9.43. The number of allylic oxidation sites excluding steroid dienone is 1. The molecule has 0 aliphatic carbocycles. The normalized spacial score (nSPS) is 18.9.